The number of benzene rings is 1. The van der Waals surface area contributed by atoms with Gasteiger partial charge in [-0.1, -0.05) is 39.0 Å². The Morgan fingerprint density at radius 1 is 1.35 bits per heavy atom. The molecule has 0 saturated heterocycles. The first-order valence-electron chi connectivity index (χ1n) is 6.69. The Morgan fingerprint density at radius 3 is 3.00 bits per heavy atom. The van der Waals surface area contributed by atoms with Crippen LogP contribution in [0, 0.1) is 5.92 Å². The second-order valence-electron chi connectivity index (χ2n) is 6.06. The summed E-state index contributed by atoms with van der Waals surface area (Å²) >= 11 is 0. The van der Waals surface area contributed by atoms with Gasteiger partial charge in [-0.25, -0.2) is 0 Å². The van der Waals surface area contributed by atoms with Gasteiger partial charge in [0.1, 0.15) is 0 Å². The van der Waals surface area contributed by atoms with Crippen molar-refractivity contribution in [1.29, 1.82) is 0 Å². The Labute approximate surface area is 104 Å². The van der Waals surface area contributed by atoms with E-state index >= 15 is 0 Å². The number of hydrogen-bond acceptors (Lipinski definition) is 2. The molecule has 1 aromatic rings. The molecule has 0 unspecified atom stereocenters. The van der Waals surface area contributed by atoms with Crippen LogP contribution in [-0.2, 0) is 12.0 Å². The molecule has 0 fully saturated rings. The van der Waals surface area contributed by atoms with E-state index in [9.17, 15) is 0 Å². The Bertz CT molecular complexity index is 437. The standard InChI is InChI=1S/C15H22N2/c1-11-10-17-8-7-16-9-12-5-4-6-13(14(12)17)15(11,2)3/h4-6,11,16H,7-10H2,1-3H3/t11-/m1/s1. The molecular weight excluding hydrogens is 208 g/mol. The molecule has 0 amide bonds. The van der Waals surface area contributed by atoms with Crippen LogP contribution in [-0.4, -0.2) is 19.6 Å². The summed E-state index contributed by atoms with van der Waals surface area (Å²) in [6, 6.07) is 6.82. The highest BCUT2D eigenvalue weighted by atomic mass is 15.2. The van der Waals surface area contributed by atoms with E-state index in [2.05, 4.69) is 49.2 Å². The minimum Gasteiger partial charge on any atom is -0.369 e. The third-order valence-electron chi connectivity index (χ3n) is 4.73. The maximum absolute atomic E-state index is 3.52. The van der Waals surface area contributed by atoms with Crippen molar-refractivity contribution in [2.45, 2.75) is 32.7 Å². The normalized spacial score (nSPS) is 26.3. The molecule has 1 atom stereocenters. The van der Waals surface area contributed by atoms with E-state index in [0.29, 0.717) is 11.3 Å². The predicted molar refractivity (Wildman–Crippen MR) is 72.6 cm³/mol. The molecule has 0 radical (unpaired) electrons. The first kappa shape index (κ1) is 11.1. The molecule has 3 rings (SSSR count). The zero-order chi connectivity index (χ0) is 12.0. The lowest BCUT2D eigenvalue weighted by molar-refractivity contribution is 0.328. The summed E-state index contributed by atoms with van der Waals surface area (Å²) in [5.74, 6) is 0.711. The second-order valence-corrected chi connectivity index (χ2v) is 6.06. The van der Waals surface area contributed by atoms with Crippen molar-refractivity contribution in [1.82, 2.24) is 5.32 Å². The zero-order valence-corrected chi connectivity index (χ0v) is 11.1. The van der Waals surface area contributed by atoms with Gasteiger partial charge in [-0.3, -0.25) is 0 Å². The quantitative estimate of drug-likeness (QED) is 0.737. The minimum absolute atomic E-state index is 0.298. The fourth-order valence-electron chi connectivity index (χ4n) is 3.18. The Hall–Kier alpha value is -1.02. The number of nitrogens with one attached hydrogen (secondary N) is 1. The number of hydrogen-bond donors (Lipinski definition) is 1. The lowest BCUT2D eigenvalue weighted by Crippen LogP contribution is -2.45. The smallest absolute Gasteiger partial charge is 0.0450 e. The maximum Gasteiger partial charge on any atom is 0.0450 e. The number of anilines is 1. The summed E-state index contributed by atoms with van der Waals surface area (Å²) in [6.07, 6.45) is 0. The number of para-hydroxylation sites is 1. The molecule has 2 heterocycles. The molecular formula is C15H22N2. The monoisotopic (exact) mass is 230 g/mol. The Kier molecular flexibility index (Phi) is 2.44. The van der Waals surface area contributed by atoms with Crippen LogP contribution in [0.15, 0.2) is 18.2 Å². The summed E-state index contributed by atoms with van der Waals surface area (Å²) in [7, 11) is 0. The SMILES string of the molecule is C[C@@H]1CN2CCNCc3cccc(c32)C1(C)C. The fourth-order valence-corrected chi connectivity index (χ4v) is 3.18. The van der Waals surface area contributed by atoms with Crippen LogP contribution < -0.4 is 10.2 Å². The molecule has 0 saturated carbocycles. The van der Waals surface area contributed by atoms with Gasteiger partial charge in [0, 0.05) is 31.9 Å². The average Bonchev–Trinajstić information content (AvgIpc) is 2.50. The van der Waals surface area contributed by atoms with E-state index in [1.165, 1.54) is 23.4 Å². The minimum atomic E-state index is 0.298. The first-order valence-corrected chi connectivity index (χ1v) is 6.69. The van der Waals surface area contributed by atoms with Gasteiger partial charge in [-0.05, 0) is 22.5 Å². The Balaban J connectivity index is 2.20. The number of nitrogens with zero attached hydrogens (tertiary/aromatic N) is 1. The fraction of sp³-hybridized carbons (Fsp3) is 0.600. The molecule has 0 aromatic heterocycles. The van der Waals surface area contributed by atoms with Gasteiger partial charge in [-0.15, -0.1) is 0 Å². The summed E-state index contributed by atoms with van der Waals surface area (Å²) in [6.45, 7) is 11.6. The molecule has 2 nitrogen and oxygen atoms in total. The highest BCUT2D eigenvalue weighted by molar-refractivity contribution is 5.64. The van der Waals surface area contributed by atoms with E-state index in [1.807, 2.05) is 0 Å². The highest BCUT2D eigenvalue weighted by Gasteiger charge is 2.38. The topological polar surface area (TPSA) is 15.3 Å². The van der Waals surface area contributed by atoms with Crippen LogP contribution in [0.1, 0.15) is 31.9 Å². The third-order valence-corrected chi connectivity index (χ3v) is 4.73. The van der Waals surface area contributed by atoms with Gasteiger partial charge >= 0.3 is 0 Å². The number of rotatable bonds is 0. The lowest BCUT2D eigenvalue weighted by Gasteiger charge is -2.45. The van der Waals surface area contributed by atoms with E-state index in [4.69, 9.17) is 0 Å². The van der Waals surface area contributed by atoms with Crippen molar-refractivity contribution in [3.05, 3.63) is 29.3 Å². The molecule has 2 heteroatoms. The van der Waals surface area contributed by atoms with Crippen LogP contribution in [0.25, 0.3) is 0 Å². The van der Waals surface area contributed by atoms with Gasteiger partial charge in [0.2, 0.25) is 0 Å². The van der Waals surface area contributed by atoms with E-state index in [1.54, 1.807) is 0 Å². The van der Waals surface area contributed by atoms with Crippen molar-refractivity contribution in [2.24, 2.45) is 5.92 Å². The van der Waals surface area contributed by atoms with E-state index in [-0.39, 0.29) is 0 Å². The van der Waals surface area contributed by atoms with Crippen LogP contribution in [0.5, 0.6) is 0 Å². The summed E-state index contributed by atoms with van der Waals surface area (Å²) in [5, 5.41) is 3.52. The molecule has 2 aliphatic heterocycles. The lowest BCUT2D eigenvalue weighted by atomic mass is 9.70. The summed E-state index contributed by atoms with van der Waals surface area (Å²) in [4.78, 5) is 2.58. The second kappa shape index (κ2) is 3.74. The molecule has 92 valence electrons. The molecule has 1 N–H and O–H groups in total. The van der Waals surface area contributed by atoms with Crippen molar-refractivity contribution in [3.8, 4) is 0 Å². The Morgan fingerprint density at radius 2 is 2.18 bits per heavy atom. The summed E-state index contributed by atoms with van der Waals surface area (Å²) in [5.41, 5.74) is 4.82. The van der Waals surface area contributed by atoms with Crippen LogP contribution in [0.3, 0.4) is 0 Å². The molecule has 1 aromatic carbocycles. The van der Waals surface area contributed by atoms with Gasteiger partial charge in [0.15, 0.2) is 0 Å². The summed E-state index contributed by atoms with van der Waals surface area (Å²) < 4.78 is 0. The highest BCUT2D eigenvalue weighted by Crippen LogP contribution is 2.44. The van der Waals surface area contributed by atoms with E-state index in [0.717, 1.165) is 19.6 Å². The molecule has 17 heavy (non-hydrogen) atoms. The van der Waals surface area contributed by atoms with Crippen molar-refractivity contribution >= 4 is 5.69 Å². The predicted octanol–water partition coefficient (Wildman–Crippen LogP) is 2.52. The molecule has 0 aliphatic carbocycles. The average molecular weight is 230 g/mol. The molecule has 0 spiro atoms. The van der Waals surface area contributed by atoms with Crippen molar-refractivity contribution in [3.63, 3.8) is 0 Å². The maximum atomic E-state index is 3.52. The van der Waals surface area contributed by atoms with Crippen molar-refractivity contribution < 1.29 is 0 Å². The zero-order valence-electron chi connectivity index (χ0n) is 11.1. The van der Waals surface area contributed by atoms with Gasteiger partial charge < -0.3 is 10.2 Å². The molecule has 0 bridgehead atoms. The van der Waals surface area contributed by atoms with E-state index < -0.39 is 0 Å². The van der Waals surface area contributed by atoms with Gasteiger partial charge in [0.05, 0.1) is 0 Å². The van der Waals surface area contributed by atoms with Gasteiger partial charge in [0.25, 0.3) is 0 Å². The van der Waals surface area contributed by atoms with Crippen molar-refractivity contribution in [2.75, 3.05) is 24.5 Å². The molecule has 2 aliphatic rings. The first-order chi connectivity index (χ1) is 8.10. The van der Waals surface area contributed by atoms with Crippen LogP contribution in [0.2, 0.25) is 0 Å². The van der Waals surface area contributed by atoms with Crippen LogP contribution in [0.4, 0.5) is 5.69 Å². The third kappa shape index (κ3) is 1.58. The largest absolute Gasteiger partial charge is 0.369 e. The van der Waals surface area contributed by atoms with Crippen LogP contribution >= 0.6 is 0 Å². The van der Waals surface area contributed by atoms with Gasteiger partial charge in [-0.2, -0.15) is 0 Å².